The van der Waals surface area contributed by atoms with Crippen molar-refractivity contribution in [3.8, 4) is 0 Å². The van der Waals surface area contributed by atoms with Crippen molar-refractivity contribution < 1.29 is 9.50 Å². The zero-order valence-corrected chi connectivity index (χ0v) is 9.96. The molecular weight excluding hydrogens is 235 g/mol. The van der Waals surface area contributed by atoms with Crippen molar-refractivity contribution in [3.63, 3.8) is 0 Å². The van der Waals surface area contributed by atoms with Gasteiger partial charge in [-0.3, -0.25) is 4.40 Å². The quantitative estimate of drug-likeness (QED) is 0.866. The van der Waals surface area contributed by atoms with Crippen LogP contribution in [0.25, 0.3) is 5.65 Å². The van der Waals surface area contributed by atoms with Gasteiger partial charge in [-0.05, 0) is 30.9 Å². The van der Waals surface area contributed by atoms with E-state index in [1.807, 2.05) is 0 Å². The third kappa shape index (κ3) is 1.92. The van der Waals surface area contributed by atoms with Gasteiger partial charge in [0.15, 0.2) is 5.65 Å². The number of aliphatic hydroxyl groups excluding tert-OH is 1. The standard InChI is InChI=1S/C12H15FN4O/c13-10-3-4-11-14-15-12(17(11)7-10)16-5-1-2-9(6-16)8-18/h3-4,7,9,18H,1-2,5-6,8H2/t9-/m1/s1. The fourth-order valence-corrected chi connectivity index (χ4v) is 2.46. The highest BCUT2D eigenvalue weighted by Crippen LogP contribution is 2.22. The van der Waals surface area contributed by atoms with E-state index in [4.69, 9.17) is 0 Å². The zero-order chi connectivity index (χ0) is 12.5. The number of rotatable bonds is 2. The molecule has 96 valence electrons. The van der Waals surface area contributed by atoms with Gasteiger partial charge >= 0.3 is 0 Å². The van der Waals surface area contributed by atoms with Crippen LogP contribution in [0.4, 0.5) is 10.3 Å². The smallest absolute Gasteiger partial charge is 0.231 e. The maximum Gasteiger partial charge on any atom is 0.231 e. The van der Waals surface area contributed by atoms with Crippen LogP contribution < -0.4 is 4.90 Å². The highest BCUT2D eigenvalue weighted by molar-refractivity contribution is 5.46. The van der Waals surface area contributed by atoms with E-state index in [0.717, 1.165) is 25.9 Å². The van der Waals surface area contributed by atoms with E-state index >= 15 is 0 Å². The summed E-state index contributed by atoms with van der Waals surface area (Å²) in [5.41, 5.74) is 0.637. The molecule has 1 atom stereocenters. The third-order valence-corrected chi connectivity index (χ3v) is 3.41. The molecule has 0 spiro atoms. The normalized spacial score (nSPS) is 20.6. The van der Waals surface area contributed by atoms with E-state index < -0.39 is 0 Å². The minimum Gasteiger partial charge on any atom is -0.396 e. The Morgan fingerprint density at radius 1 is 1.39 bits per heavy atom. The predicted molar refractivity (Wildman–Crippen MR) is 65.0 cm³/mol. The summed E-state index contributed by atoms with van der Waals surface area (Å²) in [4.78, 5) is 2.06. The molecule has 3 rings (SSSR count). The van der Waals surface area contributed by atoms with Gasteiger partial charge in [0.25, 0.3) is 0 Å². The van der Waals surface area contributed by atoms with E-state index in [2.05, 4.69) is 15.1 Å². The number of halogens is 1. The fraction of sp³-hybridized carbons (Fsp3) is 0.500. The number of anilines is 1. The van der Waals surface area contributed by atoms with Gasteiger partial charge in [0.05, 0.1) is 0 Å². The summed E-state index contributed by atoms with van der Waals surface area (Å²) in [7, 11) is 0. The first kappa shape index (κ1) is 11.4. The second-order valence-corrected chi connectivity index (χ2v) is 4.71. The molecule has 0 saturated carbocycles. The Hall–Kier alpha value is -1.69. The van der Waals surface area contributed by atoms with Crippen LogP contribution in [0.1, 0.15) is 12.8 Å². The monoisotopic (exact) mass is 250 g/mol. The van der Waals surface area contributed by atoms with Crippen molar-refractivity contribution in [2.45, 2.75) is 12.8 Å². The third-order valence-electron chi connectivity index (χ3n) is 3.41. The molecule has 0 unspecified atom stereocenters. The summed E-state index contributed by atoms with van der Waals surface area (Å²) in [5, 5.41) is 17.4. The van der Waals surface area contributed by atoms with Gasteiger partial charge in [-0.15, -0.1) is 10.2 Å². The van der Waals surface area contributed by atoms with Gasteiger partial charge in [-0.25, -0.2) is 4.39 Å². The molecule has 0 amide bonds. The highest BCUT2D eigenvalue weighted by atomic mass is 19.1. The summed E-state index contributed by atoms with van der Waals surface area (Å²) in [6.45, 7) is 1.79. The van der Waals surface area contributed by atoms with E-state index in [9.17, 15) is 9.50 Å². The maximum absolute atomic E-state index is 13.3. The molecule has 2 aromatic heterocycles. The van der Waals surface area contributed by atoms with Crippen molar-refractivity contribution in [3.05, 3.63) is 24.1 Å². The number of nitrogens with zero attached hydrogens (tertiary/aromatic N) is 4. The fourth-order valence-electron chi connectivity index (χ4n) is 2.46. The molecule has 1 fully saturated rings. The van der Waals surface area contributed by atoms with Crippen molar-refractivity contribution in [2.24, 2.45) is 5.92 Å². The van der Waals surface area contributed by atoms with Gasteiger partial charge in [-0.1, -0.05) is 0 Å². The summed E-state index contributed by atoms with van der Waals surface area (Å²) in [5.74, 6) is 0.613. The average molecular weight is 250 g/mol. The van der Waals surface area contributed by atoms with Gasteiger partial charge in [-0.2, -0.15) is 0 Å². The van der Waals surface area contributed by atoms with E-state index in [-0.39, 0.29) is 18.3 Å². The summed E-state index contributed by atoms with van der Waals surface area (Å²) in [6.07, 6.45) is 3.43. The number of hydrogen-bond acceptors (Lipinski definition) is 4. The topological polar surface area (TPSA) is 53.7 Å². The molecule has 0 aliphatic carbocycles. The first-order chi connectivity index (χ1) is 8.78. The number of aromatic nitrogens is 3. The Morgan fingerprint density at radius 2 is 2.28 bits per heavy atom. The van der Waals surface area contributed by atoms with Crippen LogP contribution in [0.3, 0.4) is 0 Å². The molecule has 0 aromatic carbocycles. The molecule has 1 aliphatic rings. The van der Waals surface area contributed by atoms with Crippen LogP contribution in [0.2, 0.25) is 0 Å². The number of fused-ring (bicyclic) bond motifs is 1. The predicted octanol–water partition coefficient (Wildman–Crippen LogP) is 1.08. The van der Waals surface area contributed by atoms with Crippen molar-refractivity contribution in [2.75, 3.05) is 24.6 Å². The van der Waals surface area contributed by atoms with Crippen molar-refractivity contribution in [1.29, 1.82) is 0 Å². The summed E-state index contributed by atoms with van der Waals surface area (Å²) < 4.78 is 14.9. The average Bonchev–Trinajstić information content (AvgIpc) is 2.81. The van der Waals surface area contributed by atoms with Crippen LogP contribution in [0.15, 0.2) is 18.3 Å². The number of aliphatic hydroxyl groups is 1. The molecule has 1 N–H and O–H groups in total. The molecule has 0 radical (unpaired) electrons. The molecule has 1 saturated heterocycles. The van der Waals surface area contributed by atoms with Crippen LogP contribution in [-0.4, -0.2) is 39.4 Å². The largest absolute Gasteiger partial charge is 0.396 e. The van der Waals surface area contributed by atoms with Crippen LogP contribution in [0, 0.1) is 11.7 Å². The number of pyridine rings is 1. The molecule has 0 bridgehead atoms. The Kier molecular flexibility index (Phi) is 2.87. The van der Waals surface area contributed by atoms with Gasteiger partial charge in [0.2, 0.25) is 5.95 Å². The number of piperidine rings is 1. The summed E-state index contributed by atoms with van der Waals surface area (Å²) >= 11 is 0. The minimum absolute atomic E-state index is 0.182. The van der Waals surface area contributed by atoms with E-state index in [1.54, 1.807) is 10.5 Å². The lowest BCUT2D eigenvalue weighted by Crippen LogP contribution is -2.37. The molecule has 1 aliphatic heterocycles. The molecule has 2 aromatic rings. The molecule has 5 nitrogen and oxygen atoms in total. The molecular formula is C12H15FN4O. The zero-order valence-electron chi connectivity index (χ0n) is 9.96. The van der Waals surface area contributed by atoms with E-state index in [0.29, 0.717) is 11.6 Å². The second-order valence-electron chi connectivity index (χ2n) is 4.71. The first-order valence-corrected chi connectivity index (χ1v) is 6.14. The number of hydrogen-bond donors (Lipinski definition) is 1. The molecule has 3 heterocycles. The Balaban J connectivity index is 1.96. The van der Waals surface area contributed by atoms with Gasteiger partial charge in [0.1, 0.15) is 5.82 Å². The summed E-state index contributed by atoms with van der Waals surface area (Å²) in [6, 6.07) is 2.99. The van der Waals surface area contributed by atoms with E-state index in [1.165, 1.54) is 12.3 Å². The SMILES string of the molecule is OC[C@@H]1CCCN(c2nnc3ccc(F)cn23)C1. The lowest BCUT2D eigenvalue weighted by molar-refractivity contribution is 0.208. The second kappa shape index (κ2) is 4.53. The first-order valence-electron chi connectivity index (χ1n) is 6.14. The van der Waals surface area contributed by atoms with Gasteiger partial charge < -0.3 is 10.0 Å². The van der Waals surface area contributed by atoms with Crippen molar-refractivity contribution in [1.82, 2.24) is 14.6 Å². The van der Waals surface area contributed by atoms with Crippen LogP contribution in [-0.2, 0) is 0 Å². The lowest BCUT2D eigenvalue weighted by atomic mass is 9.99. The Morgan fingerprint density at radius 3 is 3.11 bits per heavy atom. The maximum atomic E-state index is 13.3. The Bertz CT molecular complexity index is 556. The highest BCUT2D eigenvalue weighted by Gasteiger charge is 2.22. The van der Waals surface area contributed by atoms with Crippen LogP contribution in [0.5, 0.6) is 0 Å². The molecule has 6 heteroatoms. The van der Waals surface area contributed by atoms with Crippen molar-refractivity contribution >= 4 is 11.6 Å². The minimum atomic E-state index is -0.306. The van der Waals surface area contributed by atoms with Crippen LogP contribution >= 0.6 is 0 Å². The molecule has 18 heavy (non-hydrogen) atoms. The lowest BCUT2D eigenvalue weighted by Gasteiger charge is -2.31. The Labute approximate surface area is 104 Å². The van der Waals surface area contributed by atoms with Gasteiger partial charge in [0, 0.05) is 25.9 Å².